The van der Waals surface area contributed by atoms with Crippen molar-refractivity contribution in [2.24, 2.45) is 5.73 Å². The minimum atomic E-state index is -3.81. The fraction of sp³-hybridized carbons (Fsp3) is 0.316. The average molecular weight is 428 g/mol. The van der Waals surface area contributed by atoms with Crippen LogP contribution in [-0.4, -0.2) is 34.0 Å². The quantitative estimate of drug-likeness (QED) is 0.505. The second-order valence-electron chi connectivity index (χ2n) is 5.84. The van der Waals surface area contributed by atoms with Gasteiger partial charge in [-0.15, -0.1) is 12.4 Å². The molecule has 0 aliphatic carbocycles. The van der Waals surface area contributed by atoms with Gasteiger partial charge in [0.15, 0.2) is 0 Å². The third-order valence-electron chi connectivity index (χ3n) is 3.74. The summed E-state index contributed by atoms with van der Waals surface area (Å²) in [5.74, 6) is 0.346. The van der Waals surface area contributed by atoms with Gasteiger partial charge < -0.3 is 15.8 Å². The maximum absolute atomic E-state index is 12.6. The number of ether oxygens (including phenoxy) is 1. The van der Waals surface area contributed by atoms with Crippen LogP contribution in [0.15, 0.2) is 53.4 Å². The van der Waals surface area contributed by atoms with Crippen molar-refractivity contribution in [3.05, 3.63) is 54.1 Å². The maximum Gasteiger partial charge on any atom is 0.261 e. The molecule has 0 atom stereocenters. The van der Waals surface area contributed by atoms with E-state index in [1.54, 1.807) is 36.4 Å². The Kier molecular flexibility index (Phi) is 9.78. The van der Waals surface area contributed by atoms with Crippen LogP contribution in [0, 0.1) is 0 Å². The van der Waals surface area contributed by atoms with Crippen molar-refractivity contribution in [2.75, 3.05) is 24.4 Å². The van der Waals surface area contributed by atoms with Crippen LogP contribution in [0.3, 0.4) is 0 Å². The largest absolute Gasteiger partial charge is 0.494 e. The number of nitrogens with two attached hydrogens (primary N) is 1. The van der Waals surface area contributed by atoms with Gasteiger partial charge in [-0.1, -0.05) is 6.07 Å². The summed E-state index contributed by atoms with van der Waals surface area (Å²) in [6, 6.07) is 12.5. The summed E-state index contributed by atoms with van der Waals surface area (Å²) in [6.45, 7) is 3.47. The third kappa shape index (κ3) is 7.03. The van der Waals surface area contributed by atoms with Crippen molar-refractivity contribution in [1.29, 1.82) is 0 Å². The number of amides is 1. The van der Waals surface area contributed by atoms with Crippen molar-refractivity contribution in [2.45, 2.75) is 24.7 Å². The van der Waals surface area contributed by atoms with Crippen LogP contribution in [-0.2, 0) is 10.0 Å². The predicted octanol–water partition coefficient (Wildman–Crippen LogP) is 2.78. The second kappa shape index (κ2) is 11.5. The fourth-order valence-electron chi connectivity index (χ4n) is 2.38. The van der Waals surface area contributed by atoms with Gasteiger partial charge in [-0.05, 0) is 68.8 Å². The van der Waals surface area contributed by atoms with Crippen molar-refractivity contribution >= 4 is 34.0 Å². The molecule has 0 fully saturated rings. The lowest BCUT2D eigenvalue weighted by molar-refractivity contribution is 0.0953. The Bertz CT molecular complexity index is 858. The van der Waals surface area contributed by atoms with E-state index in [2.05, 4.69) is 10.0 Å². The van der Waals surface area contributed by atoms with Gasteiger partial charge in [-0.3, -0.25) is 9.52 Å². The van der Waals surface area contributed by atoms with Crippen LogP contribution in [0.5, 0.6) is 5.75 Å². The molecular weight excluding hydrogens is 402 g/mol. The molecule has 28 heavy (non-hydrogen) atoms. The minimum absolute atomic E-state index is 0. The molecule has 4 N–H and O–H groups in total. The summed E-state index contributed by atoms with van der Waals surface area (Å²) in [7, 11) is -3.81. The van der Waals surface area contributed by atoms with Gasteiger partial charge in [0.25, 0.3) is 15.9 Å². The third-order valence-corrected chi connectivity index (χ3v) is 5.12. The highest BCUT2D eigenvalue weighted by atomic mass is 35.5. The molecule has 0 aromatic heterocycles. The Hall–Kier alpha value is -2.29. The number of rotatable bonds is 10. The molecule has 0 aliphatic heterocycles. The number of anilines is 1. The van der Waals surface area contributed by atoms with E-state index >= 15 is 0 Å². The minimum Gasteiger partial charge on any atom is -0.494 e. The predicted molar refractivity (Wildman–Crippen MR) is 113 cm³/mol. The molecule has 1 amide bonds. The molecule has 0 aliphatic rings. The maximum atomic E-state index is 12.6. The monoisotopic (exact) mass is 427 g/mol. The van der Waals surface area contributed by atoms with Gasteiger partial charge in [0.1, 0.15) is 5.75 Å². The van der Waals surface area contributed by atoms with E-state index in [9.17, 15) is 13.2 Å². The zero-order valence-corrected chi connectivity index (χ0v) is 17.3. The smallest absolute Gasteiger partial charge is 0.261 e. The Morgan fingerprint density at radius 2 is 1.82 bits per heavy atom. The molecule has 0 bridgehead atoms. The SMILES string of the molecule is CCOc1ccc(NS(=O)(=O)c2cccc(C(=O)NCCCCN)c2)cc1.Cl. The topological polar surface area (TPSA) is 111 Å². The normalized spacial score (nSPS) is 10.6. The van der Waals surface area contributed by atoms with Gasteiger partial charge in [0.05, 0.1) is 11.5 Å². The van der Waals surface area contributed by atoms with Gasteiger partial charge >= 0.3 is 0 Å². The molecule has 2 rings (SSSR count). The van der Waals surface area contributed by atoms with Crippen molar-refractivity contribution in [1.82, 2.24) is 5.32 Å². The van der Waals surface area contributed by atoms with Crippen LogP contribution < -0.4 is 20.5 Å². The summed E-state index contributed by atoms with van der Waals surface area (Å²) in [6.07, 6.45) is 1.60. The number of benzene rings is 2. The van der Waals surface area contributed by atoms with Crippen molar-refractivity contribution in [3.63, 3.8) is 0 Å². The lowest BCUT2D eigenvalue weighted by atomic mass is 10.2. The first-order valence-corrected chi connectivity index (χ1v) is 10.3. The molecule has 0 spiro atoms. The Labute approximate surface area is 172 Å². The highest BCUT2D eigenvalue weighted by Gasteiger charge is 2.16. The molecule has 2 aromatic carbocycles. The van der Waals surface area contributed by atoms with Crippen LogP contribution in [0.25, 0.3) is 0 Å². The zero-order chi connectivity index (χ0) is 19.7. The highest BCUT2D eigenvalue weighted by molar-refractivity contribution is 7.92. The standard InChI is InChI=1S/C19H25N3O4S.ClH/c1-2-26-17-10-8-16(9-11-17)22-27(24,25)18-7-5-6-15(14-18)19(23)21-13-4-3-12-20;/h5-11,14,22H,2-4,12-13,20H2,1H3,(H,21,23);1H. The zero-order valence-electron chi connectivity index (χ0n) is 15.7. The van der Waals surface area contributed by atoms with E-state index in [4.69, 9.17) is 10.5 Å². The van der Waals surface area contributed by atoms with Crippen LogP contribution in [0.2, 0.25) is 0 Å². The van der Waals surface area contributed by atoms with E-state index in [-0.39, 0.29) is 28.8 Å². The first-order valence-electron chi connectivity index (χ1n) is 8.80. The molecule has 0 unspecified atom stereocenters. The molecule has 9 heteroatoms. The summed E-state index contributed by atoms with van der Waals surface area (Å²) >= 11 is 0. The van der Waals surface area contributed by atoms with Gasteiger partial charge in [0.2, 0.25) is 0 Å². The number of sulfonamides is 1. The van der Waals surface area contributed by atoms with Crippen LogP contribution in [0.4, 0.5) is 5.69 Å². The molecule has 0 radical (unpaired) electrons. The number of nitrogens with one attached hydrogen (secondary N) is 2. The highest BCUT2D eigenvalue weighted by Crippen LogP contribution is 2.20. The van der Waals surface area contributed by atoms with E-state index in [0.717, 1.165) is 12.8 Å². The van der Waals surface area contributed by atoms with Crippen molar-refractivity contribution < 1.29 is 17.9 Å². The molecule has 0 saturated carbocycles. The first kappa shape index (κ1) is 23.7. The van der Waals surface area contributed by atoms with Crippen LogP contribution in [0.1, 0.15) is 30.1 Å². The second-order valence-corrected chi connectivity index (χ2v) is 7.52. The van der Waals surface area contributed by atoms with Gasteiger partial charge in [-0.2, -0.15) is 0 Å². The van der Waals surface area contributed by atoms with E-state index in [1.807, 2.05) is 6.92 Å². The number of hydrogen-bond acceptors (Lipinski definition) is 5. The Balaban J connectivity index is 0.00000392. The number of carbonyl (C=O) groups excluding carboxylic acids is 1. The number of carbonyl (C=O) groups is 1. The average Bonchev–Trinajstić information content (AvgIpc) is 2.67. The summed E-state index contributed by atoms with van der Waals surface area (Å²) < 4.78 is 33.0. The van der Waals surface area contributed by atoms with E-state index < -0.39 is 10.0 Å². The van der Waals surface area contributed by atoms with Gasteiger partial charge in [0, 0.05) is 17.8 Å². The summed E-state index contributed by atoms with van der Waals surface area (Å²) in [4.78, 5) is 12.2. The number of unbranched alkanes of at least 4 members (excludes halogenated alkanes) is 1. The molecule has 2 aromatic rings. The lowest BCUT2D eigenvalue weighted by Gasteiger charge is -2.10. The number of hydrogen-bond donors (Lipinski definition) is 3. The van der Waals surface area contributed by atoms with Gasteiger partial charge in [-0.25, -0.2) is 8.42 Å². The Morgan fingerprint density at radius 1 is 1.11 bits per heavy atom. The lowest BCUT2D eigenvalue weighted by Crippen LogP contribution is -2.25. The molecule has 0 saturated heterocycles. The number of halogens is 1. The first-order chi connectivity index (χ1) is 13.0. The molecule has 7 nitrogen and oxygen atoms in total. The summed E-state index contributed by atoms with van der Waals surface area (Å²) in [5.41, 5.74) is 6.12. The van der Waals surface area contributed by atoms with Crippen molar-refractivity contribution in [3.8, 4) is 5.75 Å². The molecule has 154 valence electrons. The Morgan fingerprint density at radius 3 is 2.46 bits per heavy atom. The summed E-state index contributed by atoms with van der Waals surface area (Å²) in [5, 5.41) is 2.76. The van der Waals surface area contributed by atoms with Crippen LogP contribution >= 0.6 is 12.4 Å². The van der Waals surface area contributed by atoms with E-state index in [1.165, 1.54) is 12.1 Å². The molecule has 0 heterocycles. The van der Waals surface area contributed by atoms with E-state index in [0.29, 0.717) is 31.1 Å². The molecular formula is C19H26ClN3O4S. The fourth-order valence-corrected chi connectivity index (χ4v) is 3.48.